The summed E-state index contributed by atoms with van der Waals surface area (Å²) in [5.74, 6) is 0.870. The molecule has 0 bridgehead atoms. The van der Waals surface area contributed by atoms with E-state index in [2.05, 4.69) is 53.1 Å². The first kappa shape index (κ1) is 17.3. The summed E-state index contributed by atoms with van der Waals surface area (Å²) < 4.78 is 6.73. The number of thiazole rings is 1. The average Bonchev–Trinajstić information content (AvgIpc) is 3.14. The van der Waals surface area contributed by atoms with Gasteiger partial charge in [0, 0.05) is 32.7 Å². The number of rotatable bonds is 5. The fourth-order valence-electron chi connectivity index (χ4n) is 3.49. The van der Waals surface area contributed by atoms with E-state index in [1.807, 2.05) is 6.07 Å². The van der Waals surface area contributed by atoms with Crippen LogP contribution in [0.2, 0.25) is 0 Å². The number of ether oxygens (including phenoxy) is 1. The number of aryl methyl sites for hydroxylation is 1. The summed E-state index contributed by atoms with van der Waals surface area (Å²) in [6.07, 6.45) is 1.12. The smallest absolute Gasteiger partial charge is 0.186 e. The van der Waals surface area contributed by atoms with Crippen molar-refractivity contribution in [3.63, 3.8) is 0 Å². The van der Waals surface area contributed by atoms with E-state index >= 15 is 0 Å². The van der Waals surface area contributed by atoms with Gasteiger partial charge in [-0.2, -0.15) is 0 Å². The van der Waals surface area contributed by atoms with E-state index in [4.69, 9.17) is 9.72 Å². The minimum atomic E-state index is 0.870. The Hall–Kier alpha value is -2.11. The van der Waals surface area contributed by atoms with Crippen LogP contribution in [-0.4, -0.2) is 49.7 Å². The molecule has 2 aromatic carbocycles. The fourth-order valence-corrected chi connectivity index (χ4v) is 4.60. The molecule has 1 saturated heterocycles. The van der Waals surface area contributed by atoms with Crippen LogP contribution in [0.1, 0.15) is 11.1 Å². The van der Waals surface area contributed by atoms with Crippen molar-refractivity contribution in [2.24, 2.45) is 0 Å². The summed E-state index contributed by atoms with van der Waals surface area (Å²) in [4.78, 5) is 9.86. The first-order valence-electron chi connectivity index (χ1n) is 9.20. The van der Waals surface area contributed by atoms with Gasteiger partial charge < -0.3 is 9.64 Å². The summed E-state index contributed by atoms with van der Waals surface area (Å²) in [5, 5.41) is 1.12. The SMILES string of the molecule is COc1ccc(C)c2sc(N3CCN(CCc4ccccc4)CC3)nc12. The predicted molar refractivity (Wildman–Crippen MR) is 110 cm³/mol. The molecule has 1 aliphatic rings. The lowest BCUT2D eigenvalue weighted by atomic mass is 10.1. The lowest BCUT2D eigenvalue weighted by Crippen LogP contribution is -2.46. The highest BCUT2D eigenvalue weighted by Crippen LogP contribution is 2.36. The van der Waals surface area contributed by atoms with Crippen LogP contribution in [0.25, 0.3) is 10.2 Å². The normalized spacial score (nSPS) is 15.5. The fraction of sp³-hybridized carbons (Fsp3) is 0.381. The molecular formula is C21H25N3OS. The number of anilines is 1. The van der Waals surface area contributed by atoms with Crippen LogP contribution in [-0.2, 0) is 6.42 Å². The minimum absolute atomic E-state index is 0.870. The number of aromatic nitrogens is 1. The van der Waals surface area contributed by atoms with E-state index in [9.17, 15) is 0 Å². The Bertz CT molecular complexity index is 870. The quantitative estimate of drug-likeness (QED) is 0.682. The molecule has 0 unspecified atom stereocenters. The molecule has 0 N–H and O–H groups in total. The Morgan fingerprint density at radius 2 is 1.81 bits per heavy atom. The van der Waals surface area contributed by atoms with Crippen LogP contribution in [0.5, 0.6) is 5.75 Å². The second-order valence-electron chi connectivity index (χ2n) is 6.82. The van der Waals surface area contributed by atoms with Gasteiger partial charge in [0.25, 0.3) is 0 Å². The van der Waals surface area contributed by atoms with Crippen molar-refractivity contribution in [2.45, 2.75) is 13.3 Å². The van der Waals surface area contributed by atoms with Crippen molar-refractivity contribution in [1.29, 1.82) is 0 Å². The van der Waals surface area contributed by atoms with E-state index < -0.39 is 0 Å². The summed E-state index contributed by atoms with van der Waals surface area (Å²) in [7, 11) is 1.72. The Morgan fingerprint density at radius 3 is 2.54 bits per heavy atom. The molecule has 1 aromatic heterocycles. The van der Waals surface area contributed by atoms with Crippen LogP contribution in [0, 0.1) is 6.92 Å². The van der Waals surface area contributed by atoms with Crippen LogP contribution >= 0.6 is 11.3 Å². The van der Waals surface area contributed by atoms with Crippen molar-refractivity contribution in [3.05, 3.63) is 53.6 Å². The summed E-state index contributed by atoms with van der Waals surface area (Å²) in [6.45, 7) is 7.54. The molecule has 0 radical (unpaired) electrons. The number of methoxy groups -OCH3 is 1. The van der Waals surface area contributed by atoms with Crippen LogP contribution < -0.4 is 9.64 Å². The maximum atomic E-state index is 5.49. The van der Waals surface area contributed by atoms with Gasteiger partial charge in [-0.15, -0.1) is 0 Å². The number of hydrogen-bond donors (Lipinski definition) is 0. The zero-order valence-corrected chi connectivity index (χ0v) is 16.3. The number of hydrogen-bond acceptors (Lipinski definition) is 5. The minimum Gasteiger partial charge on any atom is -0.494 e. The monoisotopic (exact) mass is 367 g/mol. The van der Waals surface area contributed by atoms with Crippen molar-refractivity contribution in [1.82, 2.24) is 9.88 Å². The highest BCUT2D eigenvalue weighted by molar-refractivity contribution is 7.22. The third-order valence-electron chi connectivity index (χ3n) is 5.11. The molecule has 2 heterocycles. The second kappa shape index (κ2) is 7.64. The Balaban J connectivity index is 1.40. The van der Waals surface area contributed by atoms with Gasteiger partial charge in [-0.3, -0.25) is 4.90 Å². The molecule has 26 heavy (non-hydrogen) atoms. The molecule has 0 amide bonds. The maximum Gasteiger partial charge on any atom is 0.186 e. The number of benzene rings is 2. The first-order chi connectivity index (χ1) is 12.7. The standard InChI is InChI=1S/C21H25N3OS/c1-16-8-9-18(25-2)19-20(16)26-21(22-19)24-14-12-23(13-15-24)11-10-17-6-4-3-5-7-17/h3-9H,10-15H2,1-2H3. The van der Waals surface area contributed by atoms with Crippen LogP contribution in [0.4, 0.5) is 5.13 Å². The predicted octanol–water partition coefficient (Wildman–Crippen LogP) is 3.98. The topological polar surface area (TPSA) is 28.6 Å². The maximum absolute atomic E-state index is 5.49. The molecule has 4 nitrogen and oxygen atoms in total. The van der Waals surface area contributed by atoms with Crippen LogP contribution in [0.3, 0.4) is 0 Å². The van der Waals surface area contributed by atoms with Gasteiger partial charge in [0.1, 0.15) is 11.3 Å². The number of fused-ring (bicyclic) bond motifs is 1. The summed E-state index contributed by atoms with van der Waals surface area (Å²) in [5.41, 5.74) is 3.69. The van der Waals surface area contributed by atoms with E-state index in [0.29, 0.717) is 0 Å². The van der Waals surface area contributed by atoms with Crippen molar-refractivity contribution < 1.29 is 4.74 Å². The lowest BCUT2D eigenvalue weighted by molar-refractivity contribution is 0.261. The molecule has 0 aliphatic carbocycles. The molecule has 0 saturated carbocycles. The van der Waals surface area contributed by atoms with E-state index in [1.54, 1.807) is 18.4 Å². The van der Waals surface area contributed by atoms with E-state index in [1.165, 1.54) is 15.8 Å². The third kappa shape index (κ3) is 3.55. The van der Waals surface area contributed by atoms with Crippen LogP contribution in [0.15, 0.2) is 42.5 Å². The largest absolute Gasteiger partial charge is 0.494 e. The molecule has 1 aliphatic heterocycles. The lowest BCUT2D eigenvalue weighted by Gasteiger charge is -2.34. The van der Waals surface area contributed by atoms with Gasteiger partial charge in [0.05, 0.1) is 11.8 Å². The number of piperazine rings is 1. The van der Waals surface area contributed by atoms with Gasteiger partial charge >= 0.3 is 0 Å². The van der Waals surface area contributed by atoms with Gasteiger partial charge in [-0.05, 0) is 30.5 Å². The highest BCUT2D eigenvalue weighted by atomic mass is 32.1. The first-order valence-corrected chi connectivity index (χ1v) is 10.0. The molecule has 0 spiro atoms. The Kier molecular flexibility index (Phi) is 5.09. The molecule has 1 fully saturated rings. The van der Waals surface area contributed by atoms with Gasteiger partial charge in [0.2, 0.25) is 0 Å². The second-order valence-corrected chi connectivity index (χ2v) is 7.80. The zero-order chi connectivity index (χ0) is 17.9. The van der Waals surface area contributed by atoms with Gasteiger partial charge in [-0.1, -0.05) is 47.7 Å². The molecular weight excluding hydrogens is 342 g/mol. The molecule has 0 atom stereocenters. The summed E-state index contributed by atoms with van der Waals surface area (Å²) >= 11 is 1.79. The van der Waals surface area contributed by atoms with Gasteiger partial charge in [0.15, 0.2) is 5.13 Å². The zero-order valence-electron chi connectivity index (χ0n) is 15.4. The van der Waals surface area contributed by atoms with Gasteiger partial charge in [-0.25, -0.2) is 4.98 Å². The highest BCUT2D eigenvalue weighted by Gasteiger charge is 2.21. The summed E-state index contributed by atoms with van der Waals surface area (Å²) in [6, 6.07) is 14.9. The average molecular weight is 368 g/mol. The third-order valence-corrected chi connectivity index (χ3v) is 6.37. The molecule has 3 aromatic rings. The molecule has 4 rings (SSSR count). The van der Waals surface area contributed by atoms with Crippen molar-refractivity contribution >= 4 is 26.7 Å². The van der Waals surface area contributed by atoms with Crippen molar-refractivity contribution in [3.8, 4) is 5.75 Å². The van der Waals surface area contributed by atoms with E-state index in [-0.39, 0.29) is 0 Å². The number of nitrogens with zero attached hydrogens (tertiary/aromatic N) is 3. The molecule has 5 heteroatoms. The van der Waals surface area contributed by atoms with E-state index in [0.717, 1.165) is 55.5 Å². The molecule has 136 valence electrons. The Labute approximate surface area is 159 Å². The van der Waals surface area contributed by atoms with Crippen molar-refractivity contribution in [2.75, 3.05) is 44.7 Å². The Morgan fingerprint density at radius 1 is 1.04 bits per heavy atom.